The van der Waals surface area contributed by atoms with Gasteiger partial charge in [0.05, 0.1) is 0 Å². The number of nitrogens with one attached hydrogen (secondary N) is 1. The van der Waals surface area contributed by atoms with Gasteiger partial charge >= 0.3 is 0 Å². The molecule has 1 saturated carbocycles. The summed E-state index contributed by atoms with van der Waals surface area (Å²) in [5.41, 5.74) is 7.07. The number of nitrogens with two attached hydrogens (primary N) is 1. The highest BCUT2D eigenvalue weighted by molar-refractivity contribution is 5.77. The third-order valence-corrected chi connectivity index (χ3v) is 3.59. The number of hydrogen-bond donors (Lipinski definition) is 2. The first kappa shape index (κ1) is 13.0. The van der Waals surface area contributed by atoms with Gasteiger partial charge in [-0.1, -0.05) is 12.1 Å². The molecule has 0 saturated heterocycles. The van der Waals surface area contributed by atoms with E-state index in [-0.39, 0.29) is 17.3 Å². The van der Waals surface area contributed by atoms with Gasteiger partial charge in [-0.25, -0.2) is 4.39 Å². The van der Waals surface area contributed by atoms with Crippen LogP contribution in [0.15, 0.2) is 18.2 Å². The van der Waals surface area contributed by atoms with E-state index >= 15 is 0 Å². The lowest BCUT2D eigenvalue weighted by atomic mass is 9.75. The topological polar surface area (TPSA) is 55.1 Å². The van der Waals surface area contributed by atoms with E-state index in [4.69, 9.17) is 5.73 Å². The Bertz CT molecular complexity index is 455. The highest BCUT2D eigenvalue weighted by Gasteiger charge is 2.34. The zero-order valence-electron chi connectivity index (χ0n) is 10.6. The van der Waals surface area contributed by atoms with Gasteiger partial charge in [0.15, 0.2) is 0 Å². The van der Waals surface area contributed by atoms with Crippen molar-refractivity contribution < 1.29 is 9.18 Å². The molecular formula is C14H19FN2O. The van der Waals surface area contributed by atoms with Gasteiger partial charge in [0.25, 0.3) is 0 Å². The van der Waals surface area contributed by atoms with E-state index < -0.39 is 0 Å². The summed E-state index contributed by atoms with van der Waals surface area (Å²) in [6.07, 6.45) is 3.30. The van der Waals surface area contributed by atoms with Crippen LogP contribution < -0.4 is 11.1 Å². The third-order valence-electron chi connectivity index (χ3n) is 3.59. The van der Waals surface area contributed by atoms with Crippen molar-refractivity contribution in [1.82, 2.24) is 5.32 Å². The Labute approximate surface area is 107 Å². The van der Waals surface area contributed by atoms with E-state index in [1.165, 1.54) is 6.07 Å². The maximum absolute atomic E-state index is 13.3. The molecule has 3 N–H and O–H groups in total. The van der Waals surface area contributed by atoms with E-state index in [0.717, 1.165) is 24.8 Å². The maximum Gasteiger partial charge on any atom is 0.222 e. The maximum atomic E-state index is 13.3. The number of benzene rings is 1. The number of carbonyl (C=O) groups excluding carboxylic acids is 1. The van der Waals surface area contributed by atoms with Crippen molar-refractivity contribution in [2.75, 3.05) is 0 Å². The summed E-state index contributed by atoms with van der Waals surface area (Å²) >= 11 is 0. The van der Waals surface area contributed by atoms with Crippen molar-refractivity contribution in [3.8, 4) is 0 Å². The van der Waals surface area contributed by atoms with E-state index in [2.05, 4.69) is 5.32 Å². The van der Waals surface area contributed by atoms with E-state index in [0.29, 0.717) is 18.5 Å². The molecule has 0 aromatic heterocycles. The highest BCUT2D eigenvalue weighted by Crippen LogP contribution is 2.31. The quantitative estimate of drug-likeness (QED) is 0.859. The number of rotatable bonds is 4. The van der Waals surface area contributed by atoms with Gasteiger partial charge in [0, 0.05) is 18.5 Å². The van der Waals surface area contributed by atoms with Crippen LogP contribution in [0.25, 0.3) is 0 Å². The molecule has 0 heterocycles. The predicted molar refractivity (Wildman–Crippen MR) is 68.4 cm³/mol. The molecule has 3 nitrogen and oxygen atoms in total. The summed E-state index contributed by atoms with van der Waals surface area (Å²) in [6, 6.07) is 4.99. The van der Waals surface area contributed by atoms with Gasteiger partial charge in [0.1, 0.15) is 5.82 Å². The van der Waals surface area contributed by atoms with Crippen molar-refractivity contribution in [3.05, 3.63) is 35.1 Å². The van der Waals surface area contributed by atoms with Crippen LogP contribution in [0.1, 0.15) is 36.8 Å². The second kappa shape index (κ2) is 5.06. The summed E-state index contributed by atoms with van der Waals surface area (Å²) in [5, 5.41) is 2.78. The first-order chi connectivity index (χ1) is 8.48. The molecule has 0 spiro atoms. The monoisotopic (exact) mass is 250 g/mol. The van der Waals surface area contributed by atoms with Crippen LogP contribution in [0.3, 0.4) is 0 Å². The van der Waals surface area contributed by atoms with E-state index in [9.17, 15) is 9.18 Å². The predicted octanol–water partition coefficient (Wildman–Crippen LogP) is 2.02. The molecule has 18 heavy (non-hydrogen) atoms. The lowest BCUT2D eigenvalue weighted by Gasteiger charge is -2.37. The second-order valence-corrected chi connectivity index (χ2v) is 5.25. The Balaban J connectivity index is 1.83. The summed E-state index contributed by atoms with van der Waals surface area (Å²) in [5.74, 6) is -0.297. The van der Waals surface area contributed by atoms with Crippen LogP contribution in [0, 0.1) is 12.7 Å². The average Bonchev–Trinajstić information content (AvgIpc) is 2.29. The van der Waals surface area contributed by atoms with Crippen LogP contribution >= 0.6 is 0 Å². The smallest absolute Gasteiger partial charge is 0.222 e. The van der Waals surface area contributed by atoms with Crippen molar-refractivity contribution in [2.45, 2.75) is 44.7 Å². The molecule has 1 fully saturated rings. The zero-order chi connectivity index (χ0) is 13.2. The Morgan fingerprint density at radius 2 is 2.22 bits per heavy atom. The standard InChI is InChI=1S/C14H19FN2O/c1-10-3-4-11(7-12(10)15)9-17-13(18)8-14(16)5-2-6-14/h3-4,7H,2,5-6,8-9,16H2,1H3,(H,17,18). The molecule has 4 heteroatoms. The molecule has 0 unspecified atom stereocenters. The number of aryl methyl sites for hydroxylation is 1. The normalized spacial score (nSPS) is 17.1. The summed E-state index contributed by atoms with van der Waals surface area (Å²) in [7, 11) is 0. The first-order valence-electron chi connectivity index (χ1n) is 6.29. The van der Waals surface area contributed by atoms with Gasteiger partial charge < -0.3 is 11.1 Å². The Hall–Kier alpha value is -1.42. The van der Waals surface area contributed by atoms with Crippen LogP contribution in [0.4, 0.5) is 4.39 Å². The third kappa shape index (κ3) is 3.07. The molecule has 1 amide bonds. The molecule has 98 valence electrons. The minimum absolute atomic E-state index is 0.0572. The molecule has 0 radical (unpaired) electrons. The summed E-state index contributed by atoms with van der Waals surface area (Å²) < 4.78 is 13.3. The summed E-state index contributed by atoms with van der Waals surface area (Å²) in [6.45, 7) is 2.07. The van der Waals surface area contributed by atoms with Crippen molar-refractivity contribution in [2.24, 2.45) is 5.73 Å². The Kier molecular flexibility index (Phi) is 3.66. The molecule has 0 bridgehead atoms. The lowest BCUT2D eigenvalue weighted by Crippen LogP contribution is -2.49. The molecule has 0 aliphatic heterocycles. The molecule has 1 aromatic rings. The summed E-state index contributed by atoms with van der Waals surface area (Å²) in [4.78, 5) is 11.7. The van der Waals surface area contributed by atoms with Crippen LogP contribution in [-0.4, -0.2) is 11.4 Å². The molecule has 0 atom stereocenters. The number of halogens is 1. The number of hydrogen-bond acceptors (Lipinski definition) is 2. The fourth-order valence-corrected chi connectivity index (χ4v) is 2.14. The Morgan fingerprint density at radius 3 is 2.78 bits per heavy atom. The molecular weight excluding hydrogens is 231 g/mol. The van der Waals surface area contributed by atoms with Gasteiger partial charge in [-0.3, -0.25) is 4.79 Å². The highest BCUT2D eigenvalue weighted by atomic mass is 19.1. The fourth-order valence-electron chi connectivity index (χ4n) is 2.14. The molecule has 1 aliphatic rings. The van der Waals surface area contributed by atoms with Crippen LogP contribution in [0.5, 0.6) is 0 Å². The SMILES string of the molecule is Cc1ccc(CNC(=O)CC2(N)CCC2)cc1F. The Morgan fingerprint density at radius 1 is 1.50 bits per heavy atom. The minimum Gasteiger partial charge on any atom is -0.352 e. The van der Waals surface area contributed by atoms with E-state index in [1.54, 1.807) is 13.0 Å². The molecule has 2 rings (SSSR count). The number of carbonyl (C=O) groups is 1. The molecule has 1 aromatic carbocycles. The molecule has 1 aliphatic carbocycles. The van der Waals surface area contributed by atoms with E-state index in [1.807, 2.05) is 6.07 Å². The van der Waals surface area contributed by atoms with Crippen molar-refractivity contribution in [3.63, 3.8) is 0 Å². The van der Waals surface area contributed by atoms with Gasteiger partial charge in [-0.15, -0.1) is 0 Å². The number of amides is 1. The lowest BCUT2D eigenvalue weighted by molar-refractivity contribution is -0.123. The van der Waals surface area contributed by atoms with Crippen LogP contribution in [-0.2, 0) is 11.3 Å². The van der Waals surface area contributed by atoms with Crippen molar-refractivity contribution in [1.29, 1.82) is 0 Å². The minimum atomic E-state index is -0.303. The van der Waals surface area contributed by atoms with Gasteiger partial charge in [0.2, 0.25) is 5.91 Å². The largest absolute Gasteiger partial charge is 0.352 e. The second-order valence-electron chi connectivity index (χ2n) is 5.25. The zero-order valence-corrected chi connectivity index (χ0v) is 10.6. The van der Waals surface area contributed by atoms with Crippen LogP contribution in [0.2, 0.25) is 0 Å². The van der Waals surface area contributed by atoms with Gasteiger partial charge in [-0.05, 0) is 43.4 Å². The average molecular weight is 250 g/mol. The first-order valence-corrected chi connectivity index (χ1v) is 6.29. The van der Waals surface area contributed by atoms with Crippen molar-refractivity contribution >= 4 is 5.91 Å². The fraction of sp³-hybridized carbons (Fsp3) is 0.500. The van der Waals surface area contributed by atoms with Gasteiger partial charge in [-0.2, -0.15) is 0 Å².